The number of carbonyl (C=O) groups is 2. The summed E-state index contributed by atoms with van der Waals surface area (Å²) < 4.78 is 70.1. The molecule has 9 heteroatoms. The van der Waals surface area contributed by atoms with Crippen molar-refractivity contribution in [3.05, 3.63) is 65.0 Å². The Morgan fingerprint density at radius 1 is 0.900 bits per heavy atom. The van der Waals surface area contributed by atoms with Gasteiger partial charge in [0.05, 0.1) is 5.56 Å². The lowest BCUT2D eigenvalue weighted by atomic mass is 10.0. The minimum Gasteiger partial charge on any atom is -0.337 e. The molecular weight excluding hydrogens is 407 g/mol. The molecule has 0 spiro atoms. The summed E-state index contributed by atoms with van der Waals surface area (Å²) in [6, 6.07) is 4.75. The fourth-order valence-electron chi connectivity index (χ4n) is 2.85. The van der Waals surface area contributed by atoms with E-state index in [2.05, 4.69) is 5.32 Å². The highest BCUT2D eigenvalue weighted by molar-refractivity contribution is 6.04. The first-order valence-electron chi connectivity index (χ1n) is 9.35. The number of nitrogens with one attached hydrogen (secondary N) is 1. The summed E-state index contributed by atoms with van der Waals surface area (Å²) in [5.41, 5.74) is -1.73. The molecule has 4 nitrogen and oxygen atoms in total. The first kappa shape index (κ1) is 23.3. The van der Waals surface area contributed by atoms with E-state index in [1.165, 1.54) is 0 Å². The van der Waals surface area contributed by atoms with Crippen molar-refractivity contribution in [3.63, 3.8) is 0 Å². The molecule has 0 aliphatic carbocycles. The summed E-state index contributed by atoms with van der Waals surface area (Å²) in [7, 11) is 0. The molecule has 0 radical (unpaired) electrons. The number of amides is 2. The van der Waals surface area contributed by atoms with Gasteiger partial charge in [0.25, 0.3) is 11.8 Å². The molecule has 2 amide bonds. The molecule has 0 bridgehead atoms. The van der Waals surface area contributed by atoms with Crippen molar-refractivity contribution in [2.75, 3.05) is 18.4 Å². The Morgan fingerprint density at radius 3 is 2.07 bits per heavy atom. The summed E-state index contributed by atoms with van der Waals surface area (Å²) in [5.74, 6) is -10.4. The molecule has 0 aromatic heterocycles. The van der Waals surface area contributed by atoms with E-state index >= 15 is 0 Å². The van der Waals surface area contributed by atoms with Crippen LogP contribution in [0.15, 0.2) is 36.4 Å². The maximum Gasteiger partial charge on any atom is 0.352 e. The Bertz CT molecular complexity index is 928. The molecule has 0 saturated carbocycles. The lowest BCUT2D eigenvalue weighted by Crippen LogP contribution is -2.43. The van der Waals surface area contributed by atoms with Gasteiger partial charge in [-0.25, -0.2) is 13.2 Å². The van der Waals surface area contributed by atoms with E-state index in [9.17, 15) is 31.5 Å². The third-order valence-corrected chi connectivity index (χ3v) is 4.29. The van der Waals surface area contributed by atoms with Gasteiger partial charge >= 0.3 is 5.92 Å². The Kier molecular flexibility index (Phi) is 7.53. The summed E-state index contributed by atoms with van der Waals surface area (Å²) in [5, 5.41) is 2.21. The van der Waals surface area contributed by atoms with Crippen LogP contribution in [0.5, 0.6) is 0 Å². The van der Waals surface area contributed by atoms with E-state index in [4.69, 9.17) is 0 Å². The van der Waals surface area contributed by atoms with Crippen LogP contribution in [0.4, 0.5) is 27.6 Å². The first-order valence-corrected chi connectivity index (χ1v) is 9.35. The van der Waals surface area contributed by atoms with E-state index in [0.29, 0.717) is 31.0 Å². The second kappa shape index (κ2) is 9.69. The van der Waals surface area contributed by atoms with Gasteiger partial charge in [0, 0.05) is 30.4 Å². The maximum atomic E-state index is 14.8. The number of halogens is 5. The SMILES string of the molecule is CCCN(CCC)C(=O)C(F)(F)c1cc(C(=O)Nc2ccc(F)c(F)c2)ccc1F. The van der Waals surface area contributed by atoms with Crippen LogP contribution in [-0.2, 0) is 10.7 Å². The molecule has 2 rings (SSSR count). The number of nitrogens with zero attached hydrogens (tertiary/aromatic N) is 1. The van der Waals surface area contributed by atoms with Crippen LogP contribution in [0, 0.1) is 17.5 Å². The highest BCUT2D eigenvalue weighted by Crippen LogP contribution is 2.33. The Hall–Kier alpha value is -2.97. The zero-order valence-corrected chi connectivity index (χ0v) is 16.4. The zero-order chi connectivity index (χ0) is 22.5. The Labute approximate surface area is 170 Å². The molecule has 0 aliphatic heterocycles. The lowest BCUT2D eigenvalue weighted by Gasteiger charge is -2.27. The van der Waals surface area contributed by atoms with Crippen molar-refractivity contribution in [2.45, 2.75) is 32.6 Å². The van der Waals surface area contributed by atoms with Gasteiger partial charge in [-0.1, -0.05) is 13.8 Å². The van der Waals surface area contributed by atoms with Crippen molar-refractivity contribution >= 4 is 17.5 Å². The molecule has 2 aromatic rings. The largest absolute Gasteiger partial charge is 0.352 e. The van der Waals surface area contributed by atoms with Crippen molar-refractivity contribution in [1.29, 1.82) is 0 Å². The summed E-state index contributed by atoms with van der Waals surface area (Å²) in [6.45, 7) is 3.61. The van der Waals surface area contributed by atoms with Gasteiger partial charge in [-0.05, 0) is 43.2 Å². The number of hydrogen-bond donors (Lipinski definition) is 1. The molecule has 0 unspecified atom stereocenters. The topological polar surface area (TPSA) is 49.4 Å². The predicted octanol–water partition coefficient (Wildman–Crippen LogP) is 5.10. The van der Waals surface area contributed by atoms with Crippen molar-refractivity contribution in [3.8, 4) is 0 Å². The number of hydrogen-bond acceptors (Lipinski definition) is 2. The van der Waals surface area contributed by atoms with Gasteiger partial charge < -0.3 is 10.2 Å². The standard InChI is InChI=1S/C21H21F5N2O2/c1-3-9-28(10-4-2)20(30)21(25,26)15-11-13(5-7-16(15)22)19(29)27-14-6-8-17(23)18(24)12-14/h5-8,11-12H,3-4,9-10H2,1-2H3,(H,27,29). The molecule has 0 saturated heterocycles. The Balaban J connectivity index is 2.33. The van der Waals surface area contributed by atoms with Crippen LogP contribution < -0.4 is 5.32 Å². The minimum absolute atomic E-state index is 0.0835. The van der Waals surface area contributed by atoms with Crippen LogP contribution >= 0.6 is 0 Å². The normalized spacial score (nSPS) is 11.3. The van der Waals surface area contributed by atoms with E-state index in [1.807, 2.05) is 0 Å². The summed E-state index contributed by atoms with van der Waals surface area (Å²) in [4.78, 5) is 25.6. The molecule has 2 aromatic carbocycles. The second-order valence-electron chi connectivity index (χ2n) is 6.64. The molecule has 30 heavy (non-hydrogen) atoms. The summed E-state index contributed by atoms with van der Waals surface area (Å²) in [6.07, 6.45) is 0.891. The molecule has 0 aliphatic rings. The van der Waals surface area contributed by atoms with Gasteiger partial charge in [-0.2, -0.15) is 8.78 Å². The van der Waals surface area contributed by atoms with E-state index in [1.54, 1.807) is 13.8 Å². The van der Waals surface area contributed by atoms with E-state index in [-0.39, 0.29) is 24.3 Å². The van der Waals surface area contributed by atoms with Gasteiger partial charge in [0.2, 0.25) is 0 Å². The van der Waals surface area contributed by atoms with Crippen molar-refractivity contribution in [2.24, 2.45) is 0 Å². The number of rotatable bonds is 8. The maximum absolute atomic E-state index is 14.8. The monoisotopic (exact) mass is 428 g/mol. The molecule has 1 N–H and O–H groups in total. The van der Waals surface area contributed by atoms with E-state index < -0.39 is 40.8 Å². The van der Waals surface area contributed by atoms with Crippen LogP contribution in [-0.4, -0.2) is 29.8 Å². The average Bonchev–Trinajstić information content (AvgIpc) is 2.70. The molecule has 0 fully saturated rings. The van der Waals surface area contributed by atoms with Gasteiger partial charge in [0.1, 0.15) is 5.82 Å². The third kappa shape index (κ3) is 5.14. The van der Waals surface area contributed by atoms with Gasteiger partial charge in [-0.3, -0.25) is 9.59 Å². The van der Waals surface area contributed by atoms with Crippen molar-refractivity contribution < 1.29 is 31.5 Å². The fraction of sp³-hybridized carbons (Fsp3) is 0.333. The number of benzene rings is 2. The highest BCUT2D eigenvalue weighted by Gasteiger charge is 2.46. The fourth-order valence-corrected chi connectivity index (χ4v) is 2.85. The van der Waals surface area contributed by atoms with Gasteiger partial charge in [0.15, 0.2) is 11.6 Å². The third-order valence-electron chi connectivity index (χ3n) is 4.29. The van der Waals surface area contributed by atoms with Gasteiger partial charge in [-0.15, -0.1) is 0 Å². The molecular formula is C21H21F5N2O2. The molecule has 0 heterocycles. The first-order chi connectivity index (χ1) is 14.1. The highest BCUT2D eigenvalue weighted by atomic mass is 19.3. The van der Waals surface area contributed by atoms with Crippen LogP contribution in [0.3, 0.4) is 0 Å². The summed E-state index contributed by atoms with van der Waals surface area (Å²) >= 11 is 0. The quantitative estimate of drug-likeness (QED) is 0.595. The zero-order valence-electron chi connectivity index (χ0n) is 16.4. The Morgan fingerprint density at radius 2 is 1.50 bits per heavy atom. The van der Waals surface area contributed by atoms with E-state index in [0.717, 1.165) is 23.1 Å². The average molecular weight is 428 g/mol. The predicted molar refractivity (Wildman–Crippen MR) is 102 cm³/mol. The number of alkyl halides is 2. The van der Waals surface area contributed by atoms with Crippen LogP contribution in [0.1, 0.15) is 42.6 Å². The van der Waals surface area contributed by atoms with Crippen LogP contribution in [0.2, 0.25) is 0 Å². The molecule has 0 atom stereocenters. The minimum atomic E-state index is -4.19. The molecule has 162 valence electrons. The van der Waals surface area contributed by atoms with Crippen molar-refractivity contribution in [1.82, 2.24) is 4.90 Å². The van der Waals surface area contributed by atoms with Crippen LogP contribution in [0.25, 0.3) is 0 Å². The number of anilines is 1. The second-order valence-corrected chi connectivity index (χ2v) is 6.64. The lowest BCUT2D eigenvalue weighted by molar-refractivity contribution is -0.159. The smallest absolute Gasteiger partial charge is 0.337 e. The number of carbonyl (C=O) groups excluding carboxylic acids is 2.